The van der Waals surface area contributed by atoms with Gasteiger partial charge in [0.25, 0.3) is 0 Å². The Morgan fingerprint density at radius 3 is 2.50 bits per heavy atom. The summed E-state index contributed by atoms with van der Waals surface area (Å²) in [6, 6.07) is 15.9. The standard InChI is InChI=1S/C15H13ClOS/c16-11-5-7-12(8-6-11)18-14-9-10-3-1-2-4-13(10)15(14)17/h1-8,14-15,17H,9H2/t14-,15-/m1/s1. The minimum atomic E-state index is -0.373. The number of benzene rings is 2. The summed E-state index contributed by atoms with van der Waals surface area (Å²) < 4.78 is 0. The predicted molar refractivity (Wildman–Crippen MR) is 76.2 cm³/mol. The van der Waals surface area contributed by atoms with Gasteiger partial charge in [0, 0.05) is 15.2 Å². The van der Waals surface area contributed by atoms with Crippen LogP contribution < -0.4 is 0 Å². The number of rotatable bonds is 2. The van der Waals surface area contributed by atoms with Crippen LogP contribution in [0.2, 0.25) is 5.02 Å². The van der Waals surface area contributed by atoms with Crippen molar-refractivity contribution in [2.45, 2.75) is 22.7 Å². The molecule has 92 valence electrons. The Bertz CT molecular complexity index is 553. The van der Waals surface area contributed by atoms with Crippen LogP contribution in [0.1, 0.15) is 17.2 Å². The highest BCUT2D eigenvalue weighted by molar-refractivity contribution is 8.00. The third-order valence-corrected chi connectivity index (χ3v) is 4.77. The summed E-state index contributed by atoms with van der Waals surface area (Å²) in [6.45, 7) is 0. The topological polar surface area (TPSA) is 20.2 Å². The molecule has 18 heavy (non-hydrogen) atoms. The molecule has 0 unspecified atom stereocenters. The lowest BCUT2D eigenvalue weighted by Gasteiger charge is -2.14. The first kappa shape index (κ1) is 12.1. The quantitative estimate of drug-likeness (QED) is 0.891. The molecule has 2 aromatic rings. The fourth-order valence-electron chi connectivity index (χ4n) is 2.33. The summed E-state index contributed by atoms with van der Waals surface area (Å²) >= 11 is 7.59. The van der Waals surface area contributed by atoms with Gasteiger partial charge in [-0.05, 0) is 41.8 Å². The molecule has 0 spiro atoms. The average molecular weight is 277 g/mol. The molecule has 2 atom stereocenters. The van der Waals surface area contributed by atoms with E-state index < -0.39 is 0 Å². The Morgan fingerprint density at radius 2 is 1.78 bits per heavy atom. The molecule has 3 heteroatoms. The Hall–Kier alpha value is -0.960. The fourth-order valence-corrected chi connectivity index (χ4v) is 3.64. The molecular formula is C15H13ClOS. The van der Waals surface area contributed by atoms with Crippen molar-refractivity contribution in [2.24, 2.45) is 0 Å². The van der Waals surface area contributed by atoms with Gasteiger partial charge in [0.2, 0.25) is 0 Å². The van der Waals surface area contributed by atoms with Crippen LogP contribution in [0.15, 0.2) is 53.4 Å². The van der Waals surface area contributed by atoms with Crippen molar-refractivity contribution >= 4 is 23.4 Å². The van der Waals surface area contributed by atoms with Crippen LogP contribution in [-0.4, -0.2) is 10.4 Å². The van der Waals surface area contributed by atoms with E-state index in [-0.39, 0.29) is 11.4 Å². The summed E-state index contributed by atoms with van der Waals surface area (Å²) in [7, 11) is 0. The van der Waals surface area contributed by atoms with E-state index in [1.54, 1.807) is 11.8 Å². The van der Waals surface area contributed by atoms with E-state index in [0.29, 0.717) is 0 Å². The molecule has 1 N–H and O–H groups in total. The Labute approximate surface area is 116 Å². The number of aliphatic hydroxyl groups excluding tert-OH is 1. The molecule has 0 heterocycles. The SMILES string of the molecule is O[C@@H]1c2ccccc2C[C@H]1Sc1ccc(Cl)cc1. The van der Waals surface area contributed by atoms with Crippen LogP contribution in [0.3, 0.4) is 0 Å². The molecule has 1 aliphatic rings. The highest BCUT2D eigenvalue weighted by Crippen LogP contribution is 2.41. The van der Waals surface area contributed by atoms with E-state index in [0.717, 1.165) is 21.9 Å². The smallest absolute Gasteiger partial charge is 0.0917 e. The Balaban J connectivity index is 1.78. The zero-order valence-electron chi connectivity index (χ0n) is 9.71. The zero-order chi connectivity index (χ0) is 12.5. The number of aliphatic hydroxyl groups is 1. The number of hydrogen-bond donors (Lipinski definition) is 1. The van der Waals surface area contributed by atoms with Crippen molar-refractivity contribution in [2.75, 3.05) is 0 Å². The van der Waals surface area contributed by atoms with Crippen LogP contribution in [0.25, 0.3) is 0 Å². The molecule has 2 aromatic carbocycles. The molecule has 0 saturated carbocycles. The van der Waals surface area contributed by atoms with E-state index >= 15 is 0 Å². The van der Waals surface area contributed by atoms with Gasteiger partial charge in [0.1, 0.15) is 0 Å². The van der Waals surface area contributed by atoms with Crippen LogP contribution >= 0.6 is 23.4 Å². The first-order chi connectivity index (χ1) is 8.74. The third-order valence-electron chi connectivity index (χ3n) is 3.25. The van der Waals surface area contributed by atoms with E-state index in [9.17, 15) is 5.11 Å². The lowest BCUT2D eigenvalue weighted by atomic mass is 10.1. The van der Waals surface area contributed by atoms with Crippen molar-refractivity contribution in [1.82, 2.24) is 0 Å². The highest BCUT2D eigenvalue weighted by Gasteiger charge is 2.31. The van der Waals surface area contributed by atoms with Gasteiger partial charge < -0.3 is 5.11 Å². The maximum atomic E-state index is 10.3. The van der Waals surface area contributed by atoms with Gasteiger partial charge in [0.05, 0.1) is 6.10 Å². The fraction of sp³-hybridized carbons (Fsp3) is 0.200. The van der Waals surface area contributed by atoms with Crippen LogP contribution in [0.5, 0.6) is 0 Å². The molecule has 0 fully saturated rings. The van der Waals surface area contributed by atoms with Crippen molar-refractivity contribution in [3.63, 3.8) is 0 Å². The number of halogens is 1. The molecule has 3 rings (SSSR count). The highest BCUT2D eigenvalue weighted by atomic mass is 35.5. The molecule has 0 saturated heterocycles. The van der Waals surface area contributed by atoms with Crippen LogP contribution in [0, 0.1) is 0 Å². The average Bonchev–Trinajstić information content (AvgIpc) is 2.70. The molecule has 0 bridgehead atoms. The second-order valence-corrected chi connectivity index (χ2v) is 6.21. The second-order valence-electron chi connectivity index (χ2n) is 4.46. The zero-order valence-corrected chi connectivity index (χ0v) is 11.3. The van der Waals surface area contributed by atoms with Crippen molar-refractivity contribution in [3.8, 4) is 0 Å². The van der Waals surface area contributed by atoms with Gasteiger partial charge in [0.15, 0.2) is 0 Å². The van der Waals surface area contributed by atoms with Crippen LogP contribution in [0.4, 0.5) is 0 Å². The molecule has 0 amide bonds. The largest absolute Gasteiger partial charge is 0.387 e. The van der Waals surface area contributed by atoms with E-state index in [4.69, 9.17) is 11.6 Å². The second kappa shape index (κ2) is 4.96. The number of thioether (sulfide) groups is 1. The summed E-state index contributed by atoms with van der Waals surface area (Å²) in [5.74, 6) is 0. The number of hydrogen-bond acceptors (Lipinski definition) is 2. The lowest BCUT2D eigenvalue weighted by molar-refractivity contribution is 0.185. The van der Waals surface area contributed by atoms with Gasteiger partial charge in [-0.2, -0.15) is 0 Å². The molecule has 0 aliphatic heterocycles. The van der Waals surface area contributed by atoms with Gasteiger partial charge in [-0.1, -0.05) is 35.9 Å². The van der Waals surface area contributed by atoms with Crippen molar-refractivity contribution in [1.29, 1.82) is 0 Å². The number of fused-ring (bicyclic) bond motifs is 1. The molecular weight excluding hydrogens is 264 g/mol. The van der Waals surface area contributed by atoms with Gasteiger partial charge in [-0.25, -0.2) is 0 Å². The van der Waals surface area contributed by atoms with Crippen LogP contribution in [-0.2, 0) is 6.42 Å². The van der Waals surface area contributed by atoms with E-state index in [1.807, 2.05) is 42.5 Å². The first-order valence-corrected chi connectivity index (χ1v) is 7.18. The Morgan fingerprint density at radius 1 is 1.06 bits per heavy atom. The maximum Gasteiger partial charge on any atom is 0.0917 e. The summed E-state index contributed by atoms with van der Waals surface area (Å²) in [5, 5.41) is 11.3. The third kappa shape index (κ3) is 2.28. The molecule has 1 nitrogen and oxygen atoms in total. The summed E-state index contributed by atoms with van der Waals surface area (Å²) in [5.41, 5.74) is 2.33. The molecule has 1 aliphatic carbocycles. The molecule has 0 radical (unpaired) electrons. The Kier molecular flexibility index (Phi) is 3.33. The van der Waals surface area contributed by atoms with E-state index in [2.05, 4.69) is 6.07 Å². The van der Waals surface area contributed by atoms with E-state index in [1.165, 1.54) is 5.56 Å². The monoisotopic (exact) mass is 276 g/mol. The minimum absolute atomic E-state index is 0.198. The maximum absolute atomic E-state index is 10.3. The van der Waals surface area contributed by atoms with Gasteiger partial charge in [-0.15, -0.1) is 11.8 Å². The van der Waals surface area contributed by atoms with Gasteiger partial charge >= 0.3 is 0 Å². The summed E-state index contributed by atoms with van der Waals surface area (Å²) in [6.07, 6.45) is 0.548. The molecule has 0 aromatic heterocycles. The normalized spacial score (nSPS) is 21.9. The predicted octanol–water partition coefficient (Wildman–Crippen LogP) is 4.09. The lowest BCUT2D eigenvalue weighted by Crippen LogP contribution is -2.08. The van der Waals surface area contributed by atoms with Gasteiger partial charge in [-0.3, -0.25) is 0 Å². The van der Waals surface area contributed by atoms with Crippen molar-refractivity contribution in [3.05, 3.63) is 64.7 Å². The minimum Gasteiger partial charge on any atom is -0.387 e. The summed E-state index contributed by atoms with van der Waals surface area (Å²) in [4.78, 5) is 1.15. The van der Waals surface area contributed by atoms with Crippen molar-refractivity contribution < 1.29 is 5.11 Å². The first-order valence-electron chi connectivity index (χ1n) is 5.92.